The fourth-order valence-corrected chi connectivity index (χ4v) is 2.61. The van der Waals surface area contributed by atoms with E-state index < -0.39 is 0 Å². The van der Waals surface area contributed by atoms with Gasteiger partial charge in [0.15, 0.2) is 0 Å². The van der Waals surface area contributed by atoms with Crippen LogP contribution in [0.2, 0.25) is 5.02 Å². The van der Waals surface area contributed by atoms with Gasteiger partial charge in [0, 0.05) is 34.7 Å². The van der Waals surface area contributed by atoms with Crippen LogP contribution in [0.1, 0.15) is 24.1 Å². The summed E-state index contributed by atoms with van der Waals surface area (Å²) < 4.78 is 12.9. The topological polar surface area (TPSA) is 27.8 Å². The SMILES string of the molecule is C[C@H](NCc1c[nH]c2cc(Cl)ccc12)c1ccc(F)cc1. The highest BCUT2D eigenvalue weighted by Crippen LogP contribution is 2.22. The van der Waals surface area contributed by atoms with Crippen LogP contribution < -0.4 is 5.32 Å². The zero-order valence-corrected chi connectivity index (χ0v) is 12.4. The number of hydrogen-bond acceptors (Lipinski definition) is 1. The lowest BCUT2D eigenvalue weighted by molar-refractivity contribution is 0.572. The van der Waals surface area contributed by atoms with Crippen molar-refractivity contribution in [2.75, 3.05) is 0 Å². The maximum absolute atomic E-state index is 12.9. The molecule has 0 unspecified atom stereocenters. The number of halogens is 2. The number of aromatic nitrogens is 1. The van der Waals surface area contributed by atoms with E-state index in [1.165, 1.54) is 23.1 Å². The maximum atomic E-state index is 12.9. The van der Waals surface area contributed by atoms with Crippen molar-refractivity contribution < 1.29 is 4.39 Å². The minimum Gasteiger partial charge on any atom is -0.361 e. The maximum Gasteiger partial charge on any atom is 0.123 e. The molecule has 0 amide bonds. The molecule has 2 aromatic carbocycles. The molecule has 0 aliphatic heterocycles. The Kier molecular flexibility index (Phi) is 3.95. The van der Waals surface area contributed by atoms with Crippen LogP contribution in [-0.2, 0) is 6.54 Å². The normalized spacial score (nSPS) is 12.7. The van der Waals surface area contributed by atoms with E-state index in [9.17, 15) is 4.39 Å². The third-order valence-electron chi connectivity index (χ3n) is 3.70. The van der Waals surface area contributed by atoms with Crippen molar-refractivity contribution in [1.82, 2.24) is 10.3 Å². The molecule has 1 heterocycles. The Labute approximate surface area is 127 Å². The van der Waals surface area contributed by atoms with Crippen molar-refractivity contribution in [3.05, 3.63) is 70.6 Å². The highest BCUT2D eigenvalue weighted by atomic mass is 35.5. The number of aromatic amines is 1. The van der Waals surface area contributed by atoms with Gasteiger partial charge in [-0.3, -0.25) is 0 Å². The second-order valence-corrected chi connectivity index (χ2v) is 5.59. The van der Waals surface area contributed by atoms with E-state index in [0.717, 1.165) is 22.6 Å². The zero-order chi connectivity index (χ0) is 14.8. The van der Waals surface area contributed by atoms with E-state index >= 15 is 0 Å². The van der Waals surface area contributed by atoms with Crippen molar-refractivity contribution in [3.8, 4) is 0 Å². The van der Waals surface area contributed by atoms with Gasteiger partial charge in [-0.25, -0.2) is 4.39 Å². The van der Waals surface area contributed by atoms with Gasteiger partial charge in [-0.15, -0.1) is 0 Å². The van der Waals surface area contributed by atoms with Gasteiger partial charge in [-0.1, -0.05) is 29.8 Å². The molecule has 3 rings (SSSR count). The Balaban J connectivity index is 1.72. The summed E-state index contributed by atoms with van der Waals surface area (Å²) >= 11 is 5.98. The van der Waals surface area contributed by atoms with Gasteiger partial charge in [0.25, 0.3) is 0 Å². The first-order valence-corrected chi connectivity index (χ1v) is 7.25. The van der Waals surface area contributed by atoms with Crippen molar-refractivity contribution in [3.63, 3.8) is 0 Å². The van der Waals surface area contributed by atoms with Crippen LogP contribution in [0.3, 0.4) is 0 Å². The Morgan fingerprint density at radius 2 is 1.95 bits per heavy atom. The number of fused-ring (bicyclic) bond motifs is 1. The molecule has 0 radical (unpaired) electrons. The Hall–Kier alpha value is -1.84. The van der Waals surface area contributed by atoms with Crippen molar-refractivity contribution in [2.45, 2.75) is 19.5 Å². The second kappa shape index (κ2) is 5.88. The number of nitrogens with one attached hydrogen (secondary N) is 2. The third kappa shape index (κ3) is 3.09. The predicted octanol–water partition coefficient (Wildman–Crippen LogP) is 4.81. The lowest BCUT2D eigenvalue weighted by atomic mass is 10.1. The monoisotopic (exact) mass is 302 g/mol. The fourth-order valence-electron chi connectivity index (χ4n) is 2.44. The van der Waals surface area contributed by atoms with E-state index in [0.29, 0.717) is 0 Å². The Morgan fingerprint density at radius 3 is 2.71 bits per heavy atom. The Morgan fingerprint density at radius 1 is 1.19 bits per heavy atom. The highest BCUT2D eigenvalue weighted by Gasteiger charge is 2.08. The average molecular weight is 303 g/mol. The molecule has 0 aliphatic carbocycles. The standard InChI is InChI=1S/C17H16ClFN2/c1-11(12-2-5-15(19)6-3-12)20-9-13-10-21-17-8-14(18)4-7-16(13)17/h2-8,10-11,20-21H,9H2,1H3/t11-/m0/s1. The van der Waals surface area contributed by atoms with Crippen molar-refractivity contribution >= 4 is 22.5 Å². The summed E-state index contributed by atoms with van der Waals surface area (Å²) in [5, 5.41) is 5.34. The minimum absolute atomic E-state index is 0.155. The minimum atomic E-state index is -0.209. The smallest absolute Gasteiger partial charge is 0.123 e. The molecule has 0 fully saturated rings. The van der Waals surface area contributed by atoms with Gasteiger partial charge in [-0.05, 0) is 42.3 Å². The number of hydrogen-bond donors (Lipinski definition) is 2. The summed E-state index contributed by atoms with van der Waals surface area (Å²) in [7, 11) is 0. The van der Waals surface area contributed by atoms with E-state index in [4.69, 9.17) is 11.6 Å². The molecule has 0 saturated carbocycles. The molecule has 0 aliphatic rings. The van der Waals surface area contributed by atoms with Gasteiger partial charge >= 0.3 is 0 Å². The van der Waals surface area contributed by atoms with Gasteiger partial charge < -0.3 is 10.3 Å². The third-order valence-corrected chi connectivity index (χ3v) is 3.93. The van der Waals surface area contributed by atoms with Crippen LogP contribution in [-0.4, -0.2) is 4.98 Å². The molecular weight excluding hydrogens is 287 g/mol. The van der Waals surface area contributed by atoms with Crippen LogP contribution in [0.25, 0.3) is 10.9 Å². The number of rotatable bonds is 4. The average Bonchev–Trinajstić information content (AvgIpc) is 2.87. The Bertz CT molecular complexity index is 749. The second-order valence-electron chi connectivity index (χ2n) is 5.16. The van der Waals surface area contributed by atoms with E-state index in [1.807, 2.05) is 36.5 Å². The van der Waals surface area contributed by atoms with E-state index in [1.54, 1.807) is 0 Å². The lowest BCUT2D eigenvalue weighted by Crippen LogP contribution is -2.17. The quantitative estimate of drug-likeness (QED) is 0.711. The summed E-state index contributed by atoms with van der Waals surface area (Å²) in [6.07, 6.45) is 1.99. The summed E-state index contributed by atoms with van der Waals surface area (Å²) in [4.78, 5) is 3.23. The molecule has 21 heavy (non-hydrogen) atoms. The number of H-pyrrole nitrogens is 1. The molecule has 0 bridgehead atoms. The molecule has 2 nitrogen and oxygen atoms in total. The summed E-state index contributed by atoms with van der Waals surface area (Å²) in [6, 6.07) is 12.6. The lowest BCUT2D eigenvalue weighted by Gasteiger charge is -2.14. The summed E-state index contributed by atoms with van der Waals surface area (Å²) in [5.41, 5.74) is 3.30. The van der Waals surface area contributed by atoms with Crippen LogP contribution >= 0.6 is 11.6 Å². The van der Waals surface area contributed by atoms with Gasteiger partial charge in [-0.2, -0.15) is 0 Å². The fraction of sp³-hybridized carbons (Fsp3) is 0.176. The predicted molar refractivity (Wildman–Crippen MR) is 85.0 cm³/mol. The summed E-state index contributed by atoms with van der Waals surface area (Å²) in [5.74, 6) is -0.209. The van der Waals surface area contributed by atoms with Gasteiger partial charge in [0.2, 0.25) is 0 Å². The molecular formula is C17H16ClFN2. The number of benzene rings is 2. The first-order chi connectivity index (χ1) is 10.1. The molecule has 3 aromatic rings. The molecule has 2 N–H and O–H groups in total. The van der Waals surface area contributed by atoms with E-state index in [-0.39, 0.29) is 11.9 Å². The molecule has 108 valence electrons. The van der Waals surface area contributed by atoms with Crippen LogP contribution in [0.15, 0.2) is 48.7 Å². The zero-order valence-electron chi connectivity index (χ0n) is 11.7. The molecule has 1 aromatic heterocycles. The first-order valence-electron chi connectivity index (χ1n) is 6.88. The molecule has 0 saturated heterocycles. The van der Waals surface area contributed by atoms with Crippen molar-refractivity contribution in [2.24, 2.45) is 0 Å². The van der Waals surface area contributed by atoms with Crippen LogP contribution in [0.5, 0.6) is 0 Å². The van der Waals surface area contributed by atoms with Crippen LogP contribution in [0, 0.1) is 5.82 Å². The first kappa shape index (κ1) is 14.1. The largest absolute Gasteiger partial charge is 0.361 e. The highest BCUT2D eigenvalue weighted by molar-refractivity contribution is 6.31. The molecule has 1 atom stereocenters. The summed E-state index contributed by atoms with van der Waals surface area (Å²) in [6.45, 7) is 2.80. The van der Waals surface area contributed by atoms with Crippen LogP contribution in [0.4, 0.5) is 4.39 Å². The van der Waals surface area contributed by atoms with Gasteiger partial charge in [0.05, 0.1) is 0 Å². The van der Waals surface area contributed by atoms with Crippen molar-refractivity contribution in [1.29, 1.82) is 0 Å². The van der Waals surface area contributed by atoms with E-state index in [2.05, 4.69) is 17.2 Å². The molecule has 0 spiro atoms. The van der Waals surface area contributed by atoms with Gasteiger partial charge in [0.1, 0.15) is 5.82 Å². The molecule has 4 heteroatoms.